The van der Waals surface area contributed by atoms with Crippen LogP contribution in [0.25, 0.3) is 0 Å². The smallest absolute Gasteiger partial charge is 0.125 e. The highest BCUT2D eigenvalue weighted by molar-refractivity contribution is 7.09. The first-order valence-corrected chi connectivity index (χ1v) is 8.17. The molecule has 1 fully saturated rings. The maximum absolute atomic E-state index is 6.06. The number of nitrogens with one attached hydrogen (secondary N) is 1. The van der Waals surface area contributed by atoms with E-state index in [9.17, 15) is 0 Å². The highest BCUT2D eigenvalue weighted by atomic mass is 32.1. The van der Waals surface area contributed by atoms with E-state index in [1.165, 1.54) is 17.8 Å². The topological polar surface area (TPSA) is 34.1 Å². The summed E-state index contributed by atoms with van der Waals surface area (Å²) in [5.74, 6) is 0. The third-order valence-corrected chi connectivity index (χ3v) is 4.65. The van der Waals surface area contributed by atoms with E-state index in [4.69, 9.17) is 9.72 Å². The summed E-state index contributed by atoms with van der Waals surface area (Å²) in [5.41, 5.74) is 1.19. The Morgan fingerprint density at radius 2 is 2.05 bits per heavy atom. The van der Waals surface area contributed by atoms with E-state index in [1.54, 1.807) is 11.3 Å². The number of hydrogen-bond acceptors (Lipinski definition) is 4. The third-order valence-electron chi connectivity index (χ3n) is 3.57. The summed E-state index contributed by atoms with van der Waals surface area (Å²) in [6.45, 7) is 10.2. The van der Waals surface area contributed by atoms with Crippen molar-refractivity contribution in [3.8, 4) is 0 Å². The molecular weight excluding hydrogens is 256 g/mol. The Hall–Kier alpha value is -0.450. The SMILES string of the molecule is CCOC1(c2nc(CNC(C)(C)C)cs2)CCCC1. The zero-order chi connectivity index (χ0) is 13.9. The van der Waals surface area contributed by atoms with Crippen molar-refractivity contribution >= 4 is 11.3 Å². The second-order valence-electron chi connectivity index (χ2n) is 6.38. The number of ether oxygens (including phenoxy) is 1. The lowest BCUT2D eigenvalue weighted by Crippen LogP contribution is -2.35. The van der Waals surface area contributed by atoms with Crippen LogP contribution in [-0.2, 0) is 16.9 Å². The van der Waals surface area contributed by atoms with Crippen LogP contribution in [0.2, 0.25) is 0 Å². The average Bonchev–Trinajstić information content (AvgIpc) is 2.94. The number of nitrogens with zero attached hydrogens (tertiary/aromatic N) is 1. The van der Waals surface area contributed by atoms with Crippen LogP contribution < -0.4 is 5.32 Å². The van der Waals surface area contributed by atoms with Crippen LogP contribution >= 0.6 is 11.3 Å². The molecule has 1 heterocycles. The van der Waals surface area contributed by atoms with Crippen molar-refractivity contribution in [3.63, 3.8) is 0 Å². The molecule has 108 valence electrons. The van der Waals surface area contributed by atoms with Crippen molar-refractivity contribution in [2.24, 2.45) is 0 Å². The van der Waals surface area contributed by atoms with Crippen molar-refractivity contribution in [2.45, 2.75) is 71.1 Å². The summed E-state index contributed by atoms with van der Waals surface area (Å²) in [5, 5.41) is 6.84. The summed E-state index contributed by atoms with van der Waals surface area (Å²) < 4.78 is 6.06. The van der Waals surface area contributed by atoms with Gasteiger partial charge in [-0.2, -0.15) is 0 Å². The molecule has 0 saturated heterocycles. The molecule has 1 aliphatic carbocycles. The van der Waals surface area contributed by atoms with Gasteiger partial charge in [0.05, 0.1) is 5.69 Å². The van der Waals surface area contributed by atoms with E-state index >= 15 is 0 Å². The van der Waals surface area contributed by atoms with E-state index in [2.05, 4.69) is 38.4 Å². The minimum absolute atomic E-state index is 0.0839. The van der Waals surface area contributed by atoms with E-state index in [0.29, 0.717) is 0 Å². The van der Waals surface area contributed by atoms with Crippen molar-refractivity contribution in [1.29, 1.82) is 0 Å². The summed E-state index contributed by atoms with van der Waals surface area (Å²) in [6.07, 6.45) is 4.77. The minimum atomic E-state index is -0.0839. The van der Waals surface area contributed by atoms with Gasteiger partial charge in [0.25, 0.3) is 0 Å². The van der Waals surface area contributed by atoms with Gasteiger partial charge in [0.2, 0.25) is 0 Å². The maximum atomic E-state index is 6.06. The molecular formula is C15H26N2OS. The van der Waals surface area contributed by atoms with Crippen LogP contribution in [0.3, 0.4) is 0 Å². The zero-order valence-corrected chi connectivity index (χ0v) is 13.4. The molecule has 0 aliphatic heterocycles. The van der Waals surface area contributed by atoms with Gasteiger partial charge in [-0.3, -0.25) is 0 Å². The number of thiazole rings is 1. The summed E-state index contributed by atoms with van der Waals surface area (Å²) in [6, 6.07) is 0. The van der Waals surface area contributed by atoms with Gasteiger partial charge < -0.3 is 10.1 Å². The van der Waals surface area contributed by atoms with Crippen molar-refractivity contribution < 1.29 is 4.74 Å². The molecule has 0 amide bonds. The Morgan fingerprint density at radius 1 is 1.37 bits per heavy atom. The van der Waals surface area contributed by atoms with E-state index in [1.807, 2.05) is 0 Å². The second-order valence-corrected chi connectivity index (χ2v) is 7.24. The second kappa shape index (κ2) is 5.90. The Morgan fingerprint density at radius 3 is 2.63 bits per heavy atom. The Bertz CT molecular complexity index is 403. The molecule has 0 aromatic carbocycles. The largest absolute Gasteiger partial charge is 0.368 e. The molecule has 4 heteroatoms. The van der Waals surface area contributed by atoms with Crippen LogP contribution in [-0.4, -0.2) is 17.1 Å². The van der Waals surface area contributed by atoms with E-state index < -0.39 is 0 Å². The first kappa shape index (κ1) is 14.9. The van der Waals surface area contributed by atoms with Gasteiger partial charge in [0, 0.05) is 24.1 Å². The van der Waals surface area contributed by atoms with Crippen LogP contribution in [0, 0.1) is 0 Å². The average molecular weight is 282 g/mol. The molecule has 0 unspecified atom stereocenters. The van der Waals surface area contributed by atoms with Crippen molar-refractivity contribution in [2.75, 3.05) is 6.61 Å². The Balaban J connectivity index is 2.06. The monoisotopic (exact) mass is 282 g/mol. The number of aromatic nitrogens is 1. The molecule has 1 aliphatic rings. The fourth-order valence-corrected chi connectivity index (χ4v) is 3.63. The zero-order valence-electron chi connectivity index (χ0n) is 12.6. The molecule has 0 atom stereocenters. The molecule has 1 saturated carbocycles. The van der Waals surface area contributed by atoms with Crippen LogP contribution in [0.1, 0.15) is 64.1 Å². The van der Waals surface area contributed by atoms with Crippen LogP contribution in [0.15, 0.2) is 5.38 Å². The lowest BCUT2D eigenvalue weighted by Gasteiger charge is -2.26. The highest BCUT2D eigenvalue weighted by Gasteiger charge is 2.39. The first-order valence-electron chi connectivity index (χ1n) is 7.29. The molecule has 3 nitrogen and oxygen atoms in total. The molecule has 1 aromatic heterocycles. The Labute approximate surface area is 120 Å². The fraction of sp³-hybridized carbons (Fsp3) is 0.800. The summed E-state index contributed by atoms with van der Waals surface area (Å²) in [4.78, 5) is 4.82. The van der Waals surface area contributed by atoms with Gasteiger partial charge >= 0.3 is 0 Å². The van der Waals surface area contributed by atoms with Gasteiger partial charge in [-0.25, -0.2) is 4.98 Å². The summed E-state index contributed by atoms with van der Waals surface area (Å²) >= 11 is 1.76. The lowest BCUT2D eigenvalue weighted by atomic mass is 10.0. The minimum Gasteiger partial charge on any atom is -0.368 e. The molecule has 0 radical (unpaired) electrons. The molecule has 1 N–H and O–H groups in total. The molecule has 0 spiro atoms. The molecule has 2 rings (SSSR count). The summed E-state index contributed by atoms with van der Waals surface area (Å²) in [7, 11) is 0. The van der Waals surface area contributed by atoms with Crippen molar-refractivity contribution in [1.82, 2.24) is 10.3 Å². The predicted molar refractivity (Wildman–Crippen MR) is 80.5 cm³/mol. The molecule has 0 bridgehead atoms. The van der Waals surface area contributed by atoms with Crippen molar-refractivity contribution in [3.05, 3.63) is 16.1 Å². The standard InChI is InChI=1S/C15H26N2OS/c1-5-18-15(8-6-7-9-15)13-17-12(11-19-13)10-16-14(2,3)4/h11,16H,5-10H2,1-4H3. The fourth-order valence-electron chi connectivity index (χ4n) is 2.60. The predicted octanol–water partition coefficient (Wildman–Crippen LogP) is 3.84. The molecule has 19 heavy (non-hydrogen) atoms. The number of rotatable bonds is 5. The maximum Gasteiger partial charge on any atom is 0.125 e. The van der Waals surface area contributed by atoms with Gasteiger partial charge in [-0.1, -0.05) is 12.8 Å². The molecule has 1 aromatic rings. The van der Waals surface area contributed by atoms with E-state index in [0.717, 1.165) is 31.7 Å². The van der Waals surface area contributed by atoms with Crippen LogP contribution in [0.4, 0.5) is 0 Å². The first-order chi connectivity index (χ1) is 8.95. The highest BCUT2D eigenvalue weighted by Crippen LogP contribution is 2.43. The van der Waals surface area contributed by atoms with E-state index in [-0.39, 0.29) is 11.1 Å². The van der Waals surface area contributed by atoms with Gasteiger partial charge in [0.1, 0.15) is 10.6 Å². The van der Waals surface area contributed by atoms with Gasteiger partial charge in [-0.15, -0.1) is 11.3 Å². The van der Waals surface area contributed by atoms with Gasteiger partial charge in [-0.05, 0) is 40.5 Å². The van der Waals surface area contributed by atoms with Crippen LogP contribution in [0.5, 0.6) is 0 Å². The Kier molecular flexibility index (Phi) is 4.64. The third kappa shape index (κ3) is 3.77. The quantitative estimate of drug-likeness (QED) is 0.891. The normalized spacial score (nSPS) is 18.9. The van der Waals surface area contributed by atoms with Gasteiger partial charge in [0.15, 0.2) is 0 Å². The lowest BCUT2D eigenvalue weighted by molar-refractivity contribution is -0.0392. The number of hydrogen-bond donors (Lipinski definition) is 1.